The number of ether oxygens (including phenoxy) is 1. The van der Waals surface area contributed by atoms with Gasteiger partial charge in [0.1, 0.15) is 5.69 Å². The maximum atomic E-state index is 11.5. The largest absolute Gasteiger partial charge is 0.379 e. The lowest BCUT2D eigenvalue weighted by atomic mass is 10.1. The molecule has 0 aromatic carbocycles. The molecule has 0 aliphatic carbocycles. The third-order valence-electron chi connectivity index (χ3n) is 4.79. The van der Waals surface area contributed by atoms with Gasteiger partial charge in [-0.1, -0.05) is 6.92 Å². The standard InChI is InChI=1S/C15H25N5O3/c1-3-13-14(20(21)22)15(17(2)16-13)19-5-4-12(11-19)10-18-6-8-23-9-7-18/h12H,3-11H2,1-2H3. The molecule has 2 fully saturated rings. The van der Waals surface area contributed by atoms with Crippen molar-refractivity contribution in [3.63, 3.8) is 0 Å². The summed E-state index contributed by atoms with van der Waals surface area (Å²) < 4.78 is 7.06. The minimum Gasteiger partial charge on any atom is -0.379 e. The first-order chi connectivity index (χ1) is 11.1. The van der Waals surface area contributed by atoms with E-state index in [2.05, 4.69) is 14.9 Å². The topological polar surface area (TPSA) is 76.7 Å². The van der Waals surface area contributed by atoms with Crippen LogP contribution >= 0.6 is 0 Å². The average molecular weight is 323 g/mol. The van der Waals surface area contributed by atoms with Crippen molar-refractivity contribution < 1.29 is 9.66 Å². The molecule has 1 aromatic rings. The summed E-state index contributed by atoms with van der Waals surface area (Å²) >= 11 is 0. The predicted octanol–water partition coefficient (Wildman–Crippen LogP) is 1.05. The van der Waals surface area contributed by atoms with E-state index in [-0.39, 0.29) is 10.6 Å². The fourth-order valence-electron chi connectivity index (χ4n) is 3.66. The van der Waals surface area contributed by atoms with Gasteiger partial charge >= 0.3 is 5.69 Å². The predicted molar refractivity (Wildman–Crippen MR) is 86.8 cm³/mol. The molecule has 0 radical (unpaired) electrons. The van der Waals surface area contributed by atoms with E-state index in [1.165, 1.54) is 0 Å². The van der Waals surface area contributed by atoms with Crippen molar-refractivity contribution in [1.82, 2.24) is 14.7 Å². The maximum absolute atomic E-state index is 11.5. The molecule has 0 saturated carbocycles. The molecular weight excluding hydrogens is 298 g/mol. The quantitative estimate of drug-likeness (QED) is 0.595. The molecule has 0 N–H and O–H groups in total. The molecule has 8 nitrogen and oxygen atoms in total. The Morgan fingerprint density at radius 1 is 1.35 bits per heavy atom. The highest BCUT2D eigenvalue weighted by Crippen LogP contribution is 2.35. The zero-order valence-corrected chi connectivity index (χ0v) is 13.9. The highest BCUT2D eigenvalue weighted by molar-refractivity contribution is 5.62. The van der Waals surface area contributed by atoms with Crippen LogP contribution in [0.3, 0.4) is 0 Å². The summed E-state index contributed by atoms with van der Waals surface area (Å²) in [5.41, 5.74) is 0.756. The lowest BCUT2D eigenvalue weighted by molar-refractivity contribution is -0.384. The lowest BCUT2D eigenvalue weighted by Crippen LogP contribution is -2.40. The number of morpholine rings is 1. The normalized spacial score (nSPS) is 22.7. The van der Waals surface area contributed by atoms with Crippen LogP contribution in [0.1, 0.15) is 19.0 Å². The SMILES string of the molecule is CCc1nn(C)c(N2CCC(CN3CCOCC3)C2)c1[N+](=O)[O-]. The van der Waals surface area contributed by atoms with E-state index in [0.29, 0.717) is 23.9 Å². The summed E-state index contributed by atoms with van der Waals surface area (Å²) in [5, 5.41) is 15.8. The lowest BCUT2D eigenvalue weighted by Gasteiger charge is -2.29. The summed E-state index contributed by atoms with van der Waals surface area (Å²) in [6.07, 6.45) is 1.65. The smallest absolute Gasteiger partial charge is 0.334 e. The monoisotopic (exact) mass is 323 g/mol. The molecule has 23 heavy (non-hydrogen) atoms. The van der Waals surface area contributed by atoms with Crippen molar-refractivity contribution in [2.75, 3.05) is 50.8 Å². The number of aromatic nitrogens is 2. The Hall–Kier alpha value is -1.67. The molecule has 2 saturated heterocycles. The first kappa shape index (κ1) is 16.2. The highest BCUT2D eigenvalue weighted by atomic mass is 16.6. The molecule has 2 aliphatic heterocycles. The number of nitro groups is 1. The molecule has 3 heterocycles. The molecule has 3 rings (SSSR count). The summed E-state index contributed by atoms with van der Waals surface area (Å²) in [7, 11) is 1.80. The number of anilines is 1. The third kappa shape index (κ3) is 3.32. The van der Waals surface area contributed by atoms with Gasteiger partial charge in [-0.05, 0) is 18.8 Å². The van der Waals surface area contributed by atoms with E-state index in [4.69, 9.17) is 4.74 Å². The van der Waals surface area contributed by atoms with Gasteiger partial charge in [-0.3, -0.25) is 15.0 Å². The molecule has 1 atom stereocenters. The van der Waals surface area contributed by atoms with Gasteiger partial charge in [0.05, 0.1) is 18.1 Å². The van der Waals surface area contributed by atoms with Gasteiger partial charge in [-0.15, -0.1) is 0 Å². The molecule has 1 unspecified atom stereocenters. The Labute approximate surface area is 136 Å². The van der Waals surface area contributed by atoms with Crippen molar-refractivity contribution in [1.29, 1.82) is 0 Å². The van der Waals surface area contributed by atoms with Crippen molar-refractivity contribution in [2.24, 2.45) is 13.0 Å². The van der Waals surface area contributed by atoms with Crippen LogP contribution in [-0.4, -0.2) is 65.5 Å². The van der Waals surface area contributed by atoms with E-state index < -0.39 is 0 Å². The van der Waals surface area contributed by atoms with E-state index in [9.17, 15) is 10.1 Å². The summed E-state index contributed by atoms with van der Waals surface area (Å²) in [5.74, 6) is 1.21. The van der Waals surface area contributed by atoms with Gasteiger partial charge in [-0.2, -0.15) is 5.10 Å². The van der Waals surface area contributed by atoms with Gasteiger partial charge in [0.2, 0.25) is 5.82 Å². The van der Waals surface area contributed by atoms with Crippen LogP contribution in [0.25, 0.3) is 0 Å². The second-order valence-corrected chi connectivity index (χ2v) is 6.37. The summed E-state index contributed by atoms with van der Waals surface area (Å²) in [4.78, 5) is 15.8. The molecule has 1 aromatic heterocycles. The van der Waals surface area contributed by atoms with E-state index >= 15 is 0 Å². The van der Waals surface area contributed by atoms with Crippen molar-refractivity contribution in [3.05, 3.63) is 15.8 Å². The minimum absolute atomic E-state index is 0.182. The van der Waals surface area contributed by atoms with Gasteiger partial charge in [0.15, 0.2) is 0 Å². The zero-order valence-electron chi connectivity index (χ0n) is 13.9. The minimum atomic E-state index is -0.281. The fourth-order valence-corrected chi connectivity index (χ4v) is 3.66. The summed E-state index contributed by atoms with van der Waals surface area (Å²) in [6, 6.07) is 0. The Balaban J connectivity index is 1.71. The third-order valence-corrected chi connectivity index (χ3v) is 4.79. The molecule has 0 amide bonds. The second-order valence-electron chi connectivity index (χ2n) is 6.37. The number of hydrogen-bond acceptors (Lipinski definition) is 6. The average Bonchev–Trinajstić information content (AvgIpc) is 3.12. The van der Waals surface area contributed by atoms with Crippen LogP contribution in [-0.2, 0) is 18.2 Å². The Bertz CT molecular complexity index is 568. The Morgan fingerprint density at radius 3 is 2.74 bits per heavy atom. The van der Waals surface area contributed by atoms with E-state index in [1.54, 1.807) is 11.7 Å². The van der Waals surface area contributed by atoms with Gasteiger partial charge in [0.25, 0.3) is 0 Å². The molecule has 0 bridgehead atoms. The van der Waals surface area contributed by atoms with E-state index in [0.717, 1.165) is 52.4 Å². The van der Waals surface area contributed by atoms with Crippen LogP contribution in [0.15, 0.2) is 0 Å². The van der Waals surface area contributed by atoms with Gasteiger partial charge in [-0.25, -0.2) is 4.68 Å². The first-order valence-electron chi connectivity index (χ1n) is 8.35. The highest BCUT2D eigenvalue weighted by Gasteiger charge is 2.34. The second kappa shape index (κ2) is 6.84. The number of aryl methyl sites for hydroxylation is 2. The van der Waals surface area contributed by atoms with Crippen molar-refractivity contribution >= 4 is 11.5 Å². The molecule has 128 valence electrons. The fraction of sp³-hybridized carbons (Fsp3) is 0.800. The zero-order chi connectivity index (χ0) is 16.4. The van der Waals surface area contributed by atoms with Crippen LogP contribution < -0.4 is 4.90 Å². The van der Waals surface area contributed by atoms with Gasteiger partial charge in [0, 0.05) is 39.8 Å². The number of hydrogen-bond donors (Lipinski definition) is 0. The Kier molecular flexibility index (Phi) is 4.82. The molecule has 2 aliphatic rings. The van der Waals surface area contributed by atoms with Crippen molar-refractivity contribution in [2.45, 2.75) is 19.8 Å². The van der Waals surface area contributed by atoms with Crippen LogP contribution in [0, 0.1) is 16.0 Å². The number of nitrogens with zero attached hydrogens (tertiary/aromatic N) is 5. The first-order valence-corrected chi connectivity index (χ1v) is 8.35. The van der Waals surface area contributed by atoms with Gasteiger partial charge < -0.3 is 9.64 Å². The maximum Gasteiger partial charge on any atom is 0.334 e. The van der Waals surface area contributed by atoms with E-state index in [1.807, 2.05) is 6.92 Å². The molecular formula is C15H25N5O3. The van der Waals surface area contributed by atoms with Crippen LogP contribution in [0.4, 0.5) is 11.5 Å². The number of rotatable bonds is 5. The Morgan fingerprint density at radius 2 is 2.09 bits per heavy atom. The molecule has 0 spiro atoms. The molecule has 8 heteroatoms. The van der Waals surface area contributed by atoms with Crippen LogP contribution in [0.5, 0.6) is 0 Å². The van der Waals surface area contributed by atoms with Crippen LogP contribution in [0.2, 0.25) is 0 Å². The summed E-state index contributed by atoms with van der Waals surface area (Å²) in [6.45, 7) is 8.27. The van der Waals surface area contributed by atoms with Crippen molar-refractivity contribution in [3.8, 4) is 0 Å².